The first-order valence-corrected chi connectivity index (χ1v) is 13.4. The van der Waals surface area contributed by atoms with E-state index in [-0.39, 0.29) is 29.4 Å². The smallest absolute Gasteiger partial charge is 0.388 e. The summed E-state index contributed by atoms with van der Waals surface area (Å²) in [5.41, 5.74) is 3.62. The fraction of sp³-hybridized carbons (Fsp3) is 0.367. The van der Waals surface area contributed by atoms with Crippen LogP contribution in [0.3, 0.4) is 0 Å². The van der Waals surface area contributed by atoms with Gasteiger partial charge in [-0.1, -0.05) is 23.7 Å². The lowest BCUT2D eigenvalue weighted by Gasteiger charge is -2.20. The monoisotopic (exact) mass is 569 g/mol. The molecule has 1 fully saturated rings. The van der Waals surface area contributed by atoms with Gasteiger partial charge < -0.3 is 14.2 Å². The van der Waals surface area contributed by atoms with Gasteiger partial charge in [0.15, 0.2) is 6.61 Å². The van der Waals surface area contributed by atoms with Crippen LogP contribution in [0.25, 0.3) is 16.6 Å². The first kappa shape index (κ1) is 27.8. The molecule has 0 unspecified atom stereocenters. The van der Waals surface area contributed by atoms with Crippen LogP contribution in [0.15, 0.2) is 48.7 Å². The SMILES string of the molecule is Cc1c(Cc2ccc(-n3nccc3C3CC3)cc2)c(OC(F)F)nc2c(Cl)ccc(OCC(=O)OC(C)(C)C)c12. The Kier molecular flexibility index (Phi) is 7.68. The van der Waals surface area contributed by atoms with Gasteiger partial charge in [0, 0.05) is 35.2 Å². The number of rotatable bonds is 9. The van der Waals surface area contributed by atoms with E-state index in [1.807, 2.05) is 35.0 Å². The number of benzene rings is 2. The highest BCUT2D eigenvalue weighted by Gasteiger charge is 2.27. The molecule has 4 aromatic rings. The number of carbonyl (C=O) groups is 1. The lowest BCUT2D eigenvalue weighted by molar-refractivity contribution is -0.157. The number of alkyl halides is 2. The molecular weight excluding hydrogens is 540 g/mol. The van der Waals surface area contributed by atoms with E-state index in [0.29, 0.717) is 28.2 Å². The van der Waals surface area contributed by atoms with Gasteiger partial charge in [-0.05, 0) is 82.0 Å². The summed E-state index contributed by atoms with van der Waals surface area (Å²) in [5, 5.41) is 5.22. The molecule has 1 aliphatic rings. The van der Waals surface area contributed by atoms with Gasteiger partial charge in [0.1, 0.15) is 11.4 Å². The lowest BCUT2D eigenvalue weighted by atomic mass is 9.97. The number of esters is 1. The molecule has 1 saturated carbocycles. The minimum atomic E-state index is -3.07. The highest BCUT2D eigenvalue weighted by atomic mass is 35.5. The van der Waals surface area contributed by atoms with Crippen LogP contribution in [-0.2, 0) is 16.0 Å². The lowest BCUT2D eigenvalue weighted by Crippen LogP contribution is -2.27. The number of ether oxygens (including phenoxy) is 3. The van der Waals surface area contributed by atoms with E-state index in [1.165, 1.54) is 24.6 Å². The van der Waals surface area contributed by atoms with Gasteiger partial charge >= 0.3 is 12.6 Å². The molecule has 0 bridgehead atoms. The van der Waals surface area contributed by atoms with Crippen LogP contribution >= 0.6 is 11.6 Å². The summed E-state index contributed by atoms with van der Waals surface area (Å²) < 4.78 is 44.8. The Labute approximate surface area is 236 Å². The van der Waals surface area contributed by atoms with E-state index in [9.17, 15) is 13.6 Å². The van der Waals surface area contributed by atoms with Gasteiger partial charge in [0.2, 0.25) is 5.88 Å². The van der Waals surface area contributed by atoms with Crippen LogP contribution in [0.2, 0.25) is 5.02 Å². The summed E-state index contributed by atoms with van der Waals surface area (Å²) >= 11 is 6.42. The van der Waals surface area contributed by atoms with Crippen LogP contribution in [-0.4, -0.2) is 39.6 Å². The predicted octanol–water partition coefficient (Wildman–Crippen LogP) is 7.17. The molecule has 2 heterocycles. The van der Waals surface area contributed by atoms with Crippen LogP contribution < -0.4 is 9.47 Å². The van der Waals surface area contributed by atoms with Crippen molar-refractivity contribution in [1.82, 2.24) is 14.8 Å². The molecule has 7 nitrogen and oxygen atoms in total. The first-order chi connectivity index (χ1) is 19.0. The van der Waals surface area contributed by atoms with Crippen molar-refractivity contribution in [3.63, 3.8) is 0 Å². The summed E-state index contributed by atoms with van der Waals surface area (Å²) in [5.74, 6) is 0.127. The largest absolute Gasteiger partial charge is 0.481 e. The van der Waals surface area contributed by atoms with Gasteiger partial charge in [-0.25, -0.2) is 14.5 Å². The van der Waals surface area contributed by atoms with Crippen LogP contribution in [0.5, 0.6) is 11.6 Å². The summed E-state index contributed by atoms with van der Waals surface area (Å²) in [4.78, 5) is 16.7. The first-order valence-electron chi connectivity index (χ1n) is 13.0. The maximum atomic E-state index is 13.4. The van der Waals surface area contributed by atoms with Crippen molar-refractivity contribution in [3.8, 4) is 17.3 Å². The fourth-order valence-electron chi connectivity index (χ4n) is 4.69. The number of fused-ring (bicyclic) bond motifs is 1. The Morgan fingerprint density at radius 1 is 1.12 bits per heavy atom. The predicted molar refractivity (Wildman–Crippen MR) is 148 cm³/mol. The van der Waals surface area contributed by atoms with E-state index in [4.69, 9.17) is 25.8 Å². The molecule has 5 rings (SSSR count). The summed E-state index contributed by atoms with van der Waals surface area (Å²) in [6.45, 7) is 3.66. The number of hydrogen-bond donors (Lipinski definition) is 0. The molecular formula is C30H30ClF2N3O4. The third-order valence-corrected chi connectivity index (χ3v) is 6.89. The molecule has 0 aliphatic heterocycles. The van der Waals surface area contributed by atoms with Crippen molar-refractivity contribution < 1.29 is 27.8 Å². The fourth-order valence-corrected chi connectivity index (χ4v) is 4.89. The maximum absolute atomic E-state index is 13.4. The van der Waals surface area contributed by atoms with Gasteiger partial charge in [-0.15, -0.1) is 0 Å². The molecule has 0 amide bonds. The average molecular weight is 570 g/mol. The van der Waals surface area contributed by atoms with Crippen molar-refractivity contribution in [1.29, 1.82) is 0 Å². The molecule has 0 spiro atoms. The summed E-state index contributed by atoms with van der Waals surface area (Å²) in [6.07, 6.45) is 4.40. The number of aryl methyl sites for hydroxylation is 1. The van der Waals surface area contributed by atoms with E-state index < -0.39 is 18.2 Å². The van der Waals surface area contributed by atoms with Crippen molar-refractivity contribution >= 4 is 28.5 Å². The number of nitrogens with zero attached hydrogens (tertiary/aromatic N) is 3. The molecule has 1 aliphatic carbocycles. The second kappa shape index (κ2) is 11.0. The highest BCUT2D eigenvalue weighted by molar-refractivity contribution is 6.35. The normalized spacial score (nSPS) is 13.6. The van der Waals surface area contributed by atoms with Crippen LogP contribution in [0.1, 0.15) is 61.9 Å². The van der Waals surface area contributed by atoms with Crippen LogP contribution in [0, 0.1) is 6.92 Å². The number of hydrogen-bond acceptors (Lipinski definition) is 6. The maximum Gasteiger partial charge on any atom is 0.388 e. The van der Waals surface area contributed by atoms with Crippen molar-refractivity contribution in [2.24, 2.45) is 0 Å². The Hall–Kier alpha value is -3.72. The third-order valence-electron chi connectivity index (χ3n) is 6.59. The third kappa shape index (κ3) is 6.20. The summed E-state index contributed by atoms with van der Waals surface area (Å²) in [6, 6.07) is 13.0. The second-order valence-electron chi connectivity index (χ2n) is 10.8. The number of aromatic nitrogens is 3. The molecule has 2 aromatic heterocycles. The molecule has 0 N–H and O–H groups in total. The summed E-state index contributed by atoms with van der Waals surface area (Å²) in [7, 11) is 0. The number of carbonyl (C=O) groups excluding carboxylic acids is 1. The van der Waals surface area contributed by atoms with E-state index in [0.717, 1.165) is 11.3 Å². The molecule has 0 radical (unpaired) electrons. The Morgan fingerprint density at radius 2 is 1.85 bits per heavy atom. The van der Waals surface area contributed by atoms with Gasteiger partial charge in [0.25, 0.3) is 0 Å². The Bertz CT molecular complexity index is 1540. The second-order valence-corrected chi connectivity index (χ2v) is 11.2. The Balaban J connectivity index is 1.49. The Morgan fingerprint density at radius 3 is 2.50 bits per heavy atom. The van der Waals surface area contributed by atoms with E-state index in [1.54, 1.807) is 40.0 Å². The van der Waals surface area contributed by atoms with E-state index in [2.05, 4.69) is 10.1 Å². The topological polar surface area (TPSA) is 75.5 Å². The molecule has 0 saturated heterocycles. The standard InChI is InChI=1S/C30H30ClF2N3O4/c1-17-21(15-18-5-9-20(10-6-18)36-23(13-14-34-36)19-7-8-19)28(39-29(32)33)35-27-22(31)11-12-24(26(17)27)38-16-25(37)40-30(2,3)4/h5-6,9-14,19,29H,7-8,15-16H2,1-4H3. The zero-order valence-electron chi connectivity index (χ0n) is 22.7. The minimum absolute atomic E-state index is 0.210. The molecule has 2 aromatic carbocycles. The van der Waals surface area contributed by atoms with Gasteiger partial charge in [-0.2, -0.15) is 13.9 Å². The van der Waals surface area contributed by atoms with Crippen molar-refractivity contribution in [3.05, 3.63) is 76.1 Å². The molecule has 10 heteroatoms. The zero-order chi connectivity index (χ0) is 28.6. The van der Waals surface area contributed by atoms with Crippen molar-refractivity contribution in [2.75, 3.05) is 6.61 Å². The quantitative estimate of drug-likeness (QED) is 0.199. The van der Waals surface area contributed by atoms with Gasteiger partial charge in [-0.3, -0.25) is 0 Å². The number of halogens is 3. The highest BCUT2D eigenvalue weighted by Crippen LogP contribution is 2.41. The van der Waals surface area contributed by atoms with Crippen LogP contribution in [0.4, 0.5) is 8.78 Å². The molecule has 40 heavy (non-hydrogen) atoms. The molecule has 210 valence electrons. The minimum Gasteiger partial charge on any atom is -0.481 e. The van der Waals surface area contributed by atoms with E-state index >= 15 is 0 Å². The zero-order valence-corrected chi connectivity index (χ0v) is 23.5. The average Bonchev–Trinajstić information content (AvgIpc) is 3.61. The molecule has 0 atom stereocenters. The van der Waals surface area contributed by atoms with Crippen molar-refractivity contribution in [2.45, 2.75) is 65.1 Å². The number of pyridine rings is 1. The van der Waals surface area contributed by atoms with Gasteiger partial charge in [0.05, 0.1) is 16.2 Å².